The fourth-order valence-electron chi connectivity index (χ4n) is 2.98. The highest BCUT2D eigenvalue weighted by molar-refractivity contribution is 7.89. The number of alkyl halides is 2. The zero-order valence-electron chi connectivity index (χ0n) is 19.7. The van der Waals surface area contributed by atoms with Crippen molar-refractivity contribution in [2.24, 2.45) is 11.8 Å². The highest BCUT2D eigenvalue weighted by atomic mass is 32.2. The number of aryl methyl sites for hydroxylation is 1. The van der Waals surface area contributed by atoms with E-state index in [-0.39, 0.29) is 17.2 Å². The second-order valence-electron chi connectivity index (χ2n) is 8.78. The zero-order chi connectivity index (χ0) is 25.5. The van der Waals surface area contributed by atoms with Gasteiger partial charge in [-0.25, -0.2) is 17.2 Å². The Kier molecular flexibility index (Phi) is 10.6. The maximum atomic E-state index is 12.9. The number of Topliss-reactive ketones (excluding diaryl/α,β-unsaturated/α-hetero) is 1. The lowest BCUT2D eigenvalue weighted by atomic mass is 10.00. The Hall–Kier alpha value is -2.40. The third-order valence-corrected chi connectivity index (χ3v) is 6.35. The Morgan fingerprint density at radius 2 is 1.45 bits per heavy atom. The number of hydrogen-bond acceptors (Lipinski definition) is 5. The number of halogens is 2. The number of carbonyl (C=O) groups is 3. The molecule has 33 heavy (non-hydrogen) atoms. The number of ketones is 1. The SMILES string of the molecule is Cc1ccc(S(=O)(=O)NC(C(=O)NC(C)C(=O)NC(CC(C)C)C(=O)C(F)F)C(C)C)cc1. The molecule has 186 valence electrons. The number of sulfonamides is 1. The summed E-state index contributed by atoms with van der Waals surface area (Å²) in [5.41, 5.74) is 0.869. The molecule has 0 heterocycles. The number of hydrogen-bond donors (Lipinski definition) is 3. The summed E-state index contributed by atoms with van der Waals surface area (Å²) in [7, 11) is -4.01. The van der Waals surface area contributed by atoms with Crippen molar-refractivity contribution >= 4 is 27.6 Å². The molecule has 3 atom stereocenters. The molecule has 0 bridgehead atoms. The van der Waals surface area contributed by atoms with Gasteiger partial charge in [-0.15, -0.1) is 0 Å². The molecule has 3 unspecified atom stereocenters. The topological polar surface area (TPSA) is 121 Å². The second kappa shape index (κ2) is 12.2. The van der Waals surface area contributed by atoms with Crippen LogP contribution in [0.15, 0.2) is 29.2 Å². The van der Waals surface area contributed by atoms with Crippen molar-refractivity contribution in [1.29, 1.82) is 0 Å². The lowest BCUT2D eigenvalue weighted by molar-refractivity contribution is -0.136. The van der Waals surface area contributed by atoms with E-state index in [4.69, 9.17) is 0 Å². The van der Waals surface area contributed by atoms with Gasteiger partial charge in [-0.3, -0.25) is 14.4 Å². The van der Waals surface area contributed by atoms with Crippen LogP contribution in [0.25, 0.3) is 0 Å². The first-order valence-electron chi connectivity index (χ1n) is 10.7. The lowest BCUT2D eigenvalue weighted by Crippen LogP contribution is -2.56. The van der Waals surface area contributed by atoms with Crippen LogP contribution in [-0.2, 0) is 24.4 Å². The first-order valence-corrected chi connectivity index (χ1v) is 12.2. The minimum atomic E-state index is -4.01. The molecule has 0 saturated carbocycles. The summed E-state index contributed by atoms with van der Waals surface area (Å²) in [4.78, 5) is 37.0. The molecule has 11 heteroatoms. The summed E-state index contributed by atoms with van der Waals surface area (Å²) in [6.45, 7) is 9.83. The van der Waals surface area contributed by atoms with Gasteiger partial charge < -0.3 is 10.6 Å². The lowest BCUT2D eigenvalue weighted by Gasteiger charge is -2.25. The van der Waals surface area contributed by atoms with Crippen molar-refractivity contribution in [3.8, 4) is 0 Å². The Morgan fingerprint density at radius 1 is 0.909 bits per heavy atom. The molecule has 0 aromatic heterocycles. The normalized spacial score (nSPS) is 14.8. The Labute approximate surface area is 193 Å². The average molecular weight is 490 g/mol. The molecule has 2 amide bonds. The molecule has 8 nitrogen and oxygen atoms in total. The van der Waals surface area contributed by atoms with Gasteiger partial charge in [0.1, 0.15) is 12.1 Å². The number of amides is 2. The molecule has 0 aliphatic rings. The van der Waals surface area contributed by atoms with Crippen molar-refractivity contribution in [2.45, 2.75) is 77.4 Å². The molecule has 0 saturated heterocycles. The number of carbonyl (C=O) groups excluding carboxylic acids is 3. The highest BCUT2D eigenvalue weighted by Crippen LogP contribution is 2.14. The second-order valence-corrected chi connectivity index (χ2v) is 10.5. The predicted molar refractivity (Wildman–Crippen MR) is 120 cm³/mol. The van der Waals surface area contributed by atoms with Gasteiger partial charge in [-0.1, -0.05) is 45.4 Å². The van der Waals surface area contributed by atoms with E-state index in [0.717, 1.165) is 5.56 Å². The first kappa shape index (κ1) is 28.6. The van der Waals surface area contributed by atoms with Crippen molar-refractivity contribution in [2.75, 3.05) is 0 Å². The molecular weight excluding hydrogens is 456 g/mol. The van der Waals surface area contributed by atoms with Gasteiger partial charge in [0.2, 0.25) is 27.6 Å². The van der Waals surface area contributed by atoms with E-state index >= 15 is 0 Å². The first-order chi connectivity index (χ1) is 15.2. The summed E-state index contributed by atoms with van der Waals surface area (Å²) < 4.78 is 53.5. The molecule has 0 aliphatic carbocycles. The summed E-state index contributed by atoms with van der Waals surface area (Å²) in [6, 6.07) is 2.30. The van der Waals surface area contributed by atoms with E-state index in [9.17, 15) is 31.6 Å². The van der Waals surface area contributed by atoms with Gasteiger partial charge in [-0.05, 0) is 44.2 Å². The van der Waals surface area contributed by atoms with Gasteiger partial charge >= 0.3 is 0 Å². The maximum absolute atomic E-state index is 12.9. The predicted octanol–water partition coefficient (Wildman–Crippen LogP) is 2.17. The fourth-order valence-corrected chi connectivity index (χ4v) is 4.32. The Balaban J connectivity index is 2.92. The molecule has 1 aromatic rings. The van der Waals surface area contributed by atoms with E-state index in [2.05, 4.69) is 15.4 Å². The van der Waals surface area contributed by atoms with Crippen LogP contribution in [0.5, 0.6) is 0 Å². The van der Waals surface area contributed by atoms with E-state index in [1.54, 1.807) is 46.8 Å². The van der Waals surface area contributed by atoms with Gasteiger partial charge in [0, 0.05) is 0 Å². The molecule has 0 radical (unpaired) electrons. The van der Waals surface area contributed by atoms with Crippen LogP contribution in [0.2, 0.25) is 0 Å². The standard InChI is InChI=1S/C22H33F2N3O5S/c1-12(2)11-17(19(28)20(23)24)26-21(29)15(6)25-22(30)18(13(3)4)27-33(31,32)16-9-7-14(5)8-10-16/h7-10,12-13,15,17-18,20,27H,11H2,1-6H3,(H,25,30)(H,26,29). The van der Waals surface area contributed by atoms with Gasteiger partial charge in [0.25, 0.3) is 6.43 Å². The number of benzene rings is 1. The number of rotatable bonds is 12. The van der Waals surface area contributed by atoms with Crippen LogP contribution < -0.4 is 15.4 Å². The van der Waals surface area contributed by atoms with E-state index in [1.807, 2.05) is 0 Å². The summed E-state index contributed by atoms with van der Waals surface area (Å²) in [5, 5.41) is 4.65. The number of nitrogens with one attached hydrogen (secondary N) is 3. The summed E-state index contributed by atoms with van der Waals surface area (Å²) in [5.74, 6) is -3.59. The minimum Gasteiger partial charge on any atom is -0.344 e. The zero-order valence-corrected chi connectivity index (χ0v) is 20.5. The minimum absolute atomic E-state index is 0.0144. The van der Waals surface area contributed by atoms with E-state index in [1.165, 1.54) is 19.1 Å². The largest absolute Gasteiger partial charge is 0.344 e. The van der Waals surface area contributed by atoms with Crippen LogP contribution in [0.1, 0.15) is 46.6 Å². The monoisotopic (exact) mass is 489 g/mol. The summed E-state index contributed by atoms with van der Waals surface area (Å²) >= 11 is 0. The molecule has 1 rings (SSSR count). The Bertz CT molecular complexity index is 934. The maximum Gasteiger partial charge on any atom is 0.298 e. The molecule has 0 spiro atoms. The van der Waals surface area contributed by atoms with Crippen molar-refractivity contribution in [1.82, 2.24) is 15.4 Å². The van der Waals surface area contributed by atoms with E-state index < -0.39 is 58.1 Å². The molecule has 1 aromatic carbocycles. The van der Waals surface area contributed by atoms with Crippen LogP contribution in [-0.4, -0.2) is 50.6 Å². The average Bonchev–Trinajstić information content (AvgIpc) is 2.70. The van der Waals surface area contributed by atoms with Gasteiger partial charge in [0.15, 0.2) is 0 Å². The third kappa shape index (κ3) is 8.81. The summed E-state index contributed by atoms with van der Waals surface area (Å²) in [6.07, 6.45) is -3.22. The molecule has 3 N–H and O–H groups in total. The quantitative estimate of drug-likeness (QED) is 0.416. The van der Waals surface area contributed by atoms with Crippen LogP contribution in [0, 0.1) is 18.8 Å². The van der Waals surface area contributed by atoms with Crippen molar-refractivity contribution in [3.05, 3.63) is 29.8 Å². The third-order valence-electron chi connectivity index (χ3n) is 4.90. The van der Waals surface area contributed by atoms with Gasteiger partial charge in [-0.2, -0.15) is 4.72 Å². The molecule has 0 aliphatic heterocycles. The highest BCUT2D eigenvalue weighted by Gasteiger charge is 2.33. The smallest absolute Gasteiger partial charge is 0.298 e. The van der Waals surface area contributed by atoms with Crippen LogP contribution >= 0.6 is 0 Å². The Morgan fingerprint density at radius 3 is 1.91 bits per heavy atom. The van der Waals surface area contributed by atoms with Crippen LogP contribution in [0.3, 0.4) is 0 Å². The van der Waals surface area contributed by atoms with Crippen LogP contribution in [0.4, 0.5) is 8.78 Å². The fraction of sp³-hybridized carbons (Fsp3) is 0.591. The molecular formula is C22H33F2N3O5S. The van der Waals surface area contributed by atoms with E-state index in [0.29, 0.717) is 0 Å². The van der Waals surface area contributed by atoms with Crippen molar-refractivity contribution in [3.63, 3.8) is 0 Å². The van der Waals surface area contributed by atoms with Crippen molar-refractivity contribution < 1.29 is 31.6 Å². The van der Waals surface area contributed by atoms with Gasteiger partial charge in [0.05, 0.1) is 10.9 Å². The molecule has 0 fully saturated rings.